The molecule has 2 aromatic carbocycles. The van der Waals surface area contributed by atoms with Gasteiger partial charge in [-0.15, -0.1) is 0 Å². The van der Waals surface area contributed by atoms with Gasteiger partial charge in [0.2, 0.25) is 0 Å². The number of hydrogen-bond acceptors (Lipinski definition) is 2. The van der Waals surface area contributed by atoms with Gasteiger partial charge >= 0.3 is 0 Å². The molecule has 2 rings (SSSR count). The van der Waals surface area contributed by atoms with Crippen molar-refractivity contribution in [1.29, 1.82) is 0 Å². The van der Waals surface area contributed by atoms with Gasteiger partial charge in [0.1, 0.15) is 0 Å². The van der Waals surface area contributed by atoms with Crippen molar-refractivity contribution in [3.63, 3.8) is 0 Å². The van der Waals surface area contributed by atoms with Crippen molar-refractivity contribution < 1.29 is 0 Å². The lowest BCUT2D eigenvalue weighted by Gasteiger charge is -2.29. The van der Waals surface area contributed by atoms with Gasteiger partial charge in [-0.3, -0.25) is 0 Å². The lowest BCUT2D eigenvalue weighted by atomic mass is 10.1. The van der Waals surface area contributed by atoms with Crippen molar-refractivity contribution in [2.45, 2.75) is 19.9 Å². The third kappa shape index (κ3) is 2.69. The van der Waals surface area contributed by atoms with E-state index in [1.165, 1.54) is 0 Å². The number of rotatable bonds is 3. The summed E-state index contributed by atoms with van der Waals surface area (Å²) < 4.78 is 0. The lowest BCUT2D eigenvalue weighted by molar-refractivity contribution is 0.741. The van der Waals surface area contributed by atoms with E-state index in [0.717, 1.165) is 27.5 Å². The van der Waals surface area contributed by atoms with E-state index in [-0.39, 0.29) is 6.04 Å². The highest BCUT2D eigenvalue weighted by Gasteiger charge is 2.17. The van der Waals surface area contributed by atoms with Gasteiger partial charge in [0.05, 0.1) is 17.4 Å². The molecule has 1 unspecified atom stereocenters. The molecule has 0 bridgehead atoms. The Morgan fingerprint density at radius 3 is 2.47 bits per heavy atom. The molecule has 0 heterocycles. The van der Waals surface area contributed by atoms with Crippen LogP contribution in [0.5, 0.6) is 0 Å². The smallest absolute Gasteiger partial charge is 0.0605 e. The van der Waals surface area contributed by atoms with Crippen molar-refractivity contribution in [2.75, 3.05) is 17.7 Å². The predicted octanol–water partition coefficient (Wildman–Crippen LogP) is 4.43. The molecule has 2 aromatic rings. The number of aryl methyl sites for hydroxylation is 1. The summed E-state index contributed by atoms with van der Waals surface area (Å²) in [6, 6.07) is 14.2. The molecule has 0 saturated carbocycles. The molecule has 0 aliphatic heterocycles. The molecule has 19 heavy (non-hydrogen) atoms. The van der Waals surface area contributed by atoms with Crippen molar-refractivity contribution in [3.8, 4) is 0 Å². The van der Waals surface area contributed by atoms with Crippen molar-refractivity contribution in [2.24, 2.45) is 0 Å². The van der Waals surface area contributed by atoms with E-state index in [1.54, 1.807) is 0 Å². The second-order valence-electron chi connectivity index (χ2n) is 4.82. The minimum Gasteiger partial charge on any atom is -0.397 e. The van der Waals surface area contributed by atoms with Crippen LogP contribution in [0.25, 0.3) is 0 Å². The number of hydrogen-bond donors (Lipinski definition) is 1. The average Bonchev–Trinajstić information content (AvgIpc) is 2.41. The number of nitrogens with two attached hydrogens (primary N) is 1. The largest absolute Gasteiger partial charge is 0.397 e. The Balaban J connectivity index is 2.37. The highest BCUT2D eigenvalue weighted by atomic mass is 35.5. The first-order valence-corrected chi connectivity index (χ1v) is 6.72. The zero-order valence-corrected chi connectivity index (χ0v) is 12.3. The minimum absolute atomic E-state index is 0.165. The maximum atomic E-state index is 6.26. The van der Waals surface area contributed by atoms with E-state index in [2.05, 4.69) is 17.9 Å². The second-order valence-corrected chi connectivity index (χ2v) is 5.22. The van der Waals surface area contributed by atoms with Crippen LogP contribution in [0.2, 0.25) is 5.02 Å². The molecule has 0 amide bonds. The molecule has 0 spiro atoms. The van der Waals surface area contributed by atoms with E-state index >= 15 is 0 Å². The maximum Gasteiger partial charge on any atom is 0.0605 e. The Hall–Kier alpha value is -1.67. The molecule has 0 aliphatic carbocycles. The van der Waals surface area contributed by atoms with Gasteiger partial charge < -0.3 is 10.6 Å². The molecule has 0 aliphatic rings. The van der Waals surface area contributed by atoms with E-state index in [0.29, 0.717) is 0 Å². The third-order valence-corrected chi connectivity index (χ3v) is 3.96. The third-order valence-electron chi connectivity index (χ3n) is 3.62. The Bertz CT molecular complexity index is 581. The predicted molar refractivity (Wildman–Crippen MR) is 83.9 cm³/mol. The summed E-state index contributed by atoms with van der Waals surface area (Å²) in [5.74, 6) is 0. The first kappa shape index (κ1) is 13.8. The molecule has 2 N–H and O–H groups in total. The summed E-state index contributed by atoms with van der Waals surface area (Å²) in [7, 11) is 2.04. The number of benzene rings is 2. The molecule has 3 heteroatoms. The van der Waals surface area contributed by atoms with Gasteiger partial charge in [-0.2, -0.15) is 0 Å². The second kappa shape index (κ2) is 5.54. The number of anilines is 2. The normalized spacial score (nSPS) is 12.2. The van der Waals surface area contributed by atoms with E-state index in [9.17, 15) is 0 Å². The maximum absolute atomic E-state index is 6.26. The van der Waals surface area contributed by atoms with Gasteiger partial charge in [0, 0.05) is 12.1 Å². The van der Waals surface area contributed by atoms with Crippen LogP contribution in [-0.4, -0.2) is 7.05 Å². The average molecular weight is 275 g/mol. The zero-order valence-electron chi connectivity index (χ0n) is 11.5. The first-order valence-electron chi connectivity index (χ1n) is 6.34. The van der Waals surface area contributed by atoms with Gasteiger partial charge in [-0.05, 0) is 37.1 Å². The van der Waals surface area contributed by atoms with Gasteiger partial charge in [0.15, 0.2) is 0 Å². The number of para-hydroxylation sites is 1. The van der Waals surface area contributed by atoms with Crippen LogP contribution in [0.15, 0.2) is 42.5 Å². The molecule has 2 nitrogen and oxygen atoms in total. The van der Waals surface area contributed by atoms with Crippen LogP contribution in [0.4, 0.5) is 11.4 Å². The van der Waals surface area contributed by atoms with Crippen molar-refractivity contribution >= 4 is 23.0 Å². The molecule has 0 fully saturated rings. The van der Waals surface area contributed by atoms with Crippen LogP contribution in [0.3, 0.4) is 0 Å². The number of nitrogens with zero attached hydrogens (tertiary/aromatic N) is 1. The van der Waals surface area contributed by atoms with Crippen LogP contribution in [0, 0.1) is 6.92 Å². The monoisotopic (exact) mass is 274 g/mol. The van der Waals surface area contributed by atoms with Crippen LogP contribution < -0.4 is 10.6 Å². The topological polar surface area (TPSA) is 29.3 Å². The van der Waals surface area contributed by atoms with E-state index in [4.69, 9.17) is 17.3 Å². The summed E-state index contributed by atoms with van der Waals surface area (Å²) in [5, 5.41) is 0.785. The van der Waals surface area contributed by atoms with Crippen LogP contribution >= 0.6 is 11.6 Å². The Morgan fingerprint density at radius 1 is 1.11 bits per heavy atom. The lowest BCUT2D eigenvalue weighted by Crippen LogP contribution is -2.23. The summed E-state index contributed by atoms with van der Waals surface area (Å²) in [5.41, 5.74) is 10.2. The van der Waals surface area contributed by atoms with E-state index < -0.39 is 0 Å². The van der Waals surface area contributed by atoms with Crippen molar-refractivity contribution in [1.82, 2.24) is 0 Å². The van der Waals surface area contributed by atoms with Crippen LogP contribution in [0.1, 0.15) is 24.1 Å². The highest BCUT2D eigenvalue weighted by Crippen LogP contribution is 2.33. The molecule has 0 aromatic heterocycles. The van der Waals surface area contributed by atoms with Crippen LogP contribution in [-0.2, 0) is 0 Å². The van der Waals surface area contributed by atoms with Crippen molar-refractivity contribution in [3.05, 3.63) is 58.6 Å². The quantitative estimate of drug-likeness (QED) is 0.839. The fraction of sp³-hybridized carbons (Fsp3) is 0.250. The fourth-order valence-electron chi connectivity index (χ4n) is 2.20. The molecule has 1 atom stereocenters. The summed E-state index contributed by atoms with van der Waals surface area (Å²) in [6.07, 6.45) is 0. The number of halogens is 1. The van der Waals surface area contributed by atoms with Gasteiger partial charge in [-0.1, -0.05) is 41.9 Å². The molecule has 0 radical (unpaired) electrons. The summed E-state index contributed by atoms with van der Waals surface area (Å²) in [4.78, 5) is 2.16. The summed E-state index contributed by atoms with van der Waals surface area (Å²) >= 11 is 6.26. The fourth-order valence-corrected chi connectivity index (χ4v) is 2.50. The molecular weight excluding hydrogens is 256 g/mol. The Morgan fingerprint density at radius 2 is 1.79 bits per heavy atom. The standard InChI is InChI=1S/C16H19ClN2/c1-11-7-6-10-15(16(11)18)19(3)12(2)13-8-4-5-9-14(13)17/h4-10,12H,18H2,1-3H3. The van der Waals surface area contributed by atoms with Gasteiger partial charge in [-0.25, -0.2) is 0 Å². The molecule has 100 valence electrons. The summed E-state index contributed by atoms with van der Waals surface area (Å²) in [6.45, 7) is 4.15. The molecule has 0 saturated heterocycles. The molecular formula is C16H19ClN2. The first-order chi connectivity index (χ1) is 9.02. The Labute approximate surface area is 119 Å². The highest BCUT2D eigenvalue weighted by molar-refractivity contribution is 6.31. The van der Waals surface area contributed by atoms with E-state index in [1.807, 2.05) is 50.4 Å². The number of nitrogen functional groups attached to an aromatic ring is 1. The zero-order chi connectivity index (χ0) is 14.0. The SMILES string of the molecule is Cc1cccc(N(C)C(C)c2ccccc2Cl)c1N. The Kier molecular flexibility index (Phi) is 4.01. The van der Waals surface area contributed by atoms with Gasteiger partial charge in [0.25, 0.3) is 0 Å². The minimum atomic E-state index is 0.165.